The predicted molar refractivity (Wildman–Crippen MR) is 49.2 cm³/mol. The van der Waals surface area contributed by atoms with Gasteiger partial charge in [-0.2, -0.15) is 0 Å². The molecule has 1 aliphatic carbocycles. The van der Waals surface area contributed by atoms with Crippen molar-refractivity contribution in [2.24, 2.45) is 0 Å². The van der Waals surface area contributed by atoms with Crippen molar-refractivity contribution in [2.45, 2.75) is 19.8 Å². The molecule has 0 bridgehead atoms. The van der Waals surface area contributed by atoms with Crippen LogP contribution in [0.3, 0.4) is 0 Å². The third-order valence-corrected chi connectivity index (χ3v) is 2.37. The Morgan fingerprint density at radius 2 is 2.18 bits per heavy atom. The van der Waals surface area contributed by atoms with Gasteiger partial charge in [-0.05, 0) is 36.4 Å². The summed E-state index contributed by atoms with van der Waals surface area (Å²) in [5.74, 6) is -0.0931. The molecule has 11 heavy (non-hydrogen) atoms. The van der Waals surface area contributed by atoms with Crippen molar-refractivity contribution >= 4 is 15.9 Å². The second kappa shape index (κ2) is 3.86. The summed E-state index contributed by atoms with van der Waals surface area (Å²) in [7, 11) is 0. The smallest absolute Gasteiger partial charge is 0.126 e. The van der Waals surface area contributed by atoms with Crippen LogP contribution in [-0.4, -0.2) is 0 Å². The lowest BCUT2D eigenvalue weighted by atomic mass is 10.0. The number of allylic oxidation sites excluding steroid dienone is 5. The highest BCUT2D eigenvalue weighted by Gasteiger charge is 2.08. The molecule has 0 aromatic rings. The maximum absolute atomic E-state index is 13.0. The summed E-state index contributed by atoms with van der Waals surface area (Å²) < 4.78 is 13.0. The van der Waals surface area contributed by atoms with E-state index in [2.05, 4.69) is 15.9 Å². The van der Waals surface area contributed by atoms with Crippen LogP contribution in [0.1, 0.15) is 19.8 Å². The largest absolute Gasteiger partial charge is 0.207 e. The summed E-state index contributed by atoms with van der Waals surface area (Å²) in [5.41, 5.74) is 1.67. The van der Waals surface area contributed by atoms with Crippen molar-refractivity contribution in [3.8, 4) is 0 Å². The van der Waals surface area contributed by atoms with Gasteiger partial charge in [-0.3, -0.25) is 0 Å². The number of rotatable bonds is 1. The molecule has 0 radical (unpaired) electrons. The molecule has 0 aliphatic heterocycles. The molecule has 0 aromatic carbocycles. The van der Waals surface area contributed by atoms with Gasteiger partial charge < -0.3 is 0 Å². The lowest BCUT2D eigenvalue weighted by molar-refractivity contribution is 0.638. The van der Waals surface area contributed by atoms with E-state index in [0.717, 1.165) is 24.0 Å². The third kappa shape index (κ3) is 2.03. The summed E-state index contributed by atoms with van der Waals surface area (Å²) in [6.45, 7) is 1.89. The van der Waals surface area contributed by atoms with Crippen LogP contribution in [0.15, 0.2) is 34.1 Å². The standard InChI is InChI=1S/C9H10BrF/c1-7(6-10)8-4-2-3-5-9(8)11/h4-6H,2-3H2,1H3. The van der Waals surface area contributed by atoms with Crippen molar-refractivity contribution in [2.75, 3.05) is 0 Å². The summed E-state index contributed by atoms with van der Waals surface area (Å²) >= 11 is 3.18. The maximum atomic E-state index is 13.0. The van der Waals surface area contributed by atoms with E-state index in [1.807, 2.05) is 13.0 Å². The Kier molecular flexibility index (Phi) is 3.06. The van der Waals surface area contributed by atoms with E-state index in [9.17, 15) is 4.39 Å². The molecule has 0 fully saturated rings. The molecular formula is C9H10BrF. The van der Waals surface area contributed by atoms with Crippen LogP contribution in [0.2, 0.25) is 0 Å². The van der Waals surface area contributed by atoms with E-state index in [1.165, 1.54) is 0 Å². The second-order valence-electron chi connectivity index (χ2n) is 2.54. The fraction of sp³-hybridized carbons (Fsp3) is 0.333. The van der Waals surface area contributed by atoms with Gasteiger partial charge in [0.05, 0.1) is 0 Å². The molecule has 2 heteroatoms. The van der Waals surface area contributed by atoms with Gasteiger partial charge in [-0.1, -0.05) is 22.0 Å². The zero-order valence-corrected chi connectivity index (χ0v) is 7.99. The minimum Gasteiger partial charge on any atom is -0.207 e. The van der Waals surface area contributed by atoms with Crippen LogP contribution in [0.4, 0.5) is 4.39 Å². The van der Waals surface area contributed by atoms with Gasteiger partial charge in [0.2, 0.25) is 0 Å². The first-order chi connectivity index (χ1) is 5.25. The molecule has 0 nitrogen and oxygen atoms in total. The lowest BCUT2D eigenvalue weighted by Gasteiger charge is -2.08. The first-order valence-corrected chi connectivity index (χ1v) is 4.51. The Morgan fingerprint density at radius 3 is 2.73 bits per heavy atom. The van der Waals surface area contributed by atoms with Crippen molar-refractivity contribution in [3.63, 3.8) is 0 Å². The average molecular weight is 217 g/mol. The first-order valence-electron chi connectivity index (χ1n) is 3.59. The molecule has 0 unspecified atom stereocenters. The molecule has 0 amide bonds. The molecule has 60 valence electrons. The zero-order valence-electron chi connectivity index (χ0n) is 6.40. The highest BCUT2D eigenvalue weighted by Crippen LogP contribution is 2.26. The molecule has 0 saturated carbocycles. The van der Waals surface area contributed by atoms with Crippen molar-refractivity contribution in [1.29, 1.82) is 0 Å². The fourth-order valence-electron chi connectivity index (χ4n) is 1.05. The number of hydrogen-bond donors (Lipinski definition) is 0. The van der Waals surface area contributed by atoms with Crippen molar-refractivity contribution in [1.82, 2.24) is 0 Å². The van der Waals surface area contributed by atoms with Crippen LogP contribution in [0.5, 0.6) is 0 Å². The van der Waals surface area contributed by atoms with Gasteiger partial charge in [0.25, 0.3) is 0 Å². The fourth-order valence-corrected chi connectivity index (χ4v) is 1.30. The molecule has 0 heterocycles. The molecule has 0 N–H and O–H groups in total. The first kappa shape index (κ1) is 8.72. The Labute approximate surface area is 74.6 Å². The quantitative estimate of drug-likeness (QED) is 0.625. The molecule has 0 atom stereocenters. The molecule has 1 aliphatic rings. The maximum Gasteiger partial charge on any atom is 0.126 e. The Morgan fingerprint density at radius 1 is 1.55 bits per heavy atom. The van der Waals surface area contributed by atoms with Crippen LogP contribution in [0, 0.1) is 0 Å². The van der Waals surface area contributed by atoms with Crippen molar-refractivity contribution < 1.29 is 4.39 Å². The van der Waals surface area contributed by atoms with E-state index in [-0.39, 0.29) is 5.83 Å². The Balaban J connectivity index is 2.87. The van der Waals surface area contributed by atoms with Gasteiger partial charge in [0.15, 0.2) is 0 Å². The molecule has 0 spiro atoms. The van der Waals surface area contributed by atoms with Gasteiger partial charge in [-0.15, -0.1) is 0 Å². The Hall–Kier alpha value is -0.370. The van der Waals surface area contributed by atoms with Gasteiger partial charge in [-0.25, -0.2) is 4.39 Å². The molecular weight excluding hydrogens is 207 g/mol. The van der Waals surface area contributed by atoms with Crippen LogP contribution < -0.4 is 0 Å². The number of hydrogen-bond acceptors (Lipinski definition) is 0. The van der Waals surface area contributed by atoms with E-state index in [0.29, 0.717) is 0 Å². The van der Waals surface area contributed by atoms with E-state index >= 15 is 0 Å². The SMILES string of the molecule is CC(=CBr)C1=CCCC=C1F. The van der Waals surface area contributed by atoms with Gasteiger partial charge >= 0.3 is 0 Å². The van der Waals surface area contributed by atoms with Gasteiger partial charge in [0, 0.05) is 5.57 Å². The zero-order chi connectivity index (χ0) is 8.27. The van der Waals surface area contributed by atoms with E-state index < -0.39 is 0 Å². The van der Waals surface area contributed by atoms with Crippen molar-refractivity contribution in [3.05, 3.63) is 34.1 Å². The predicted octanol–water partition coefficient (Wildman–Crippen LogP) is 3.86. The summed E-state index contributed by atoms with van der Waals surface area (Å²) in [6, 6.07) is 0. The minimum atomic E-state index is -0.0931. The van der Waals surface area contributed by atoms with Gasteiger partial charge in [0.1, 0.15) is 5.83 Å². The van der Waals surface area contributed by atoms with E-state index in [4.69, 9.17) is 0 Å². The highest BCUT2D eigenvalue weighted by atomic mass is 79.9. The minimum absolute atomic E-state index is 0.0931. The van der Waals surface area contributed by atoms with Crippen LogP contribution in [-0.2, 0) is 0 Å². The average Bonchev–Trinajstić information content (AvgIpc) is 2.04. The summed E-state index contributed by atoms with van der Waals surface area (Å²) in [5, 5.41) is 0. The monoisotopic (exact) mass is 216 g/mol. The lowest BCUT2D eigenvalue weighted by Crippen LogP contribution is -1.91. The molecule has 0 saturated heterocycles. The molecule has 0 aromatic heterocycles. The highest BCUT2D eigenvalue weighted by molar-refractivity contribution is 9.11. The second-order valence-corrected chi connectivity index (χ2v) is 3.00. The topological polar surface area (TPSA) is 0 Å². The normalized spacial score (nSPS) is 19.4. The van der Waals surface area contributed by atoms with Crippen LogP contribution >= 0.6 is 15.9 Å². The Bertz CT molecular complexity index is 230. The van der Waals surface area contributed by atoms with Crippen LogP contribution in [0.25, 0.3) is 0 Å². The number of halogens is 2. The molecule has 1 rings (SSSR count). The summed E-state index contributed by atoms with van der Waals surface area (Å²) in [4.78, 5) is 1.75. The van der Waals surface area contributed by atoms with E-state index in [1.54, 1.807) is 11.1 Å². The summed E-state index contributed by atoms with van der Waals surface area (Å²) in [6.07, 6.45) is 5.34. The third-order valence-electron chi connectivity index (χ3n) is 1.68.